The van der Waals surface area contributed by atoms with E-state index in [0.29, 0.717) is 5.75 Å². The maximum atomic E-state index is 5.99. The van der Waals surface area contributed by atoms with Crippen LogP contribution in [0.25, 0.3) is 0 Å². The Morgan fingerprint density at radius 1 is 1.25 bits per heavy atom. The molecule has 0 aromatic heterocycles. The van der Waals surface area contributed by atoms with Crippen LogP contribution < -0.4 is 24.4 Å². The zero-order valence-electron chi connectivity index (χ0n) is 13.7. The quantitative estimate of drug-likeness (QED) is 0.894. The second-order valence-electron chi connectivity index (χ2n) is 6.15. The summed E-state index contributed by atoms with van der Waals surface area (Å²) in [5.74, 6) is 2.25. The van der Waals surface area contributed by atoms with Crippen LogP contribution >= 0.6 is 11.6 Å². The van der Waals surface area contributed by atoms with Crippen molar-refractivity contribution in [1.29, 1.82) is 0 Å². The molecule has 2 N–H and O–H groups in total. The minimum atomic E-state index is 0.0689. The van der Waals surface area contributed by atoms with Gasteiger partial charge in [-0.3, -0.25) is 0 Å². The zero-order chi connectivity index (χ0) is 16.7. The molecule has 0 saturated heterocycles. The summed E-state index contributed by atoms with van der Waals surface area (Å²) >= 11 is 5.99. The number of nitrogens with one attached hydrogen (secondary N) is 2. The lowest BCUT2D eigenvalue weighted by atomic mass is 9.94. The average Bonchev–Trinajstić information content (AvgIpc) is 3.05. The molecule has 0 spiro atoms. The Kier molecular flexibility index (Phi) is 3.90. The van der Waals surface area contributed by atoms with Crippen molar-refractivity contribution in [2.24, 2.45) is 0 Å². The number of methoxy groups -OCH3 is 1. The van der Waals surface area contributed by atoms with E-state index in [1.165, 1.54) is 10.5 Å². The Hall–Kier alpha value is -2.11. The Labute approximate surface area is 146 Å². The molecule has 0 fully saturated rings. The van der Waals surface area contributed by atoms with E-state index in [1.807, 2.05) is 24.3 Å². The summed E-state index contributed by atoms with van der Waals surface area (Å²) in [5.41, 5.74) is 3.41. The van der Waals surface area contributed by atoms with Gasteiger partial charge in [0.2, 0.25) is 12.5 Å². The summed E-state index contributed by atoms with van der Waals surface area (Å²) in [6, 6.07) is 9.84. The maximum absolute atomic E-state index is 5.99. The van der Waals surface area contributed by atoms with Gasteiger partial charge in [-0.1, -0.05) is 11.6 Å². The van der Waals surface area contributed by atoms with Crippen LogP contribution in [0.4, 0.5) is 5.69 Å². The van der Waals surface area contributed by atoms with Crippen molar-refractivity contribution in [3.05, 3.63) is 46.5 Å². The van der Waals surface area contributed by atoms with Gasteiger partial charge in [0, 0.05) is 17.1 Å². The van der Waals surface area contributed by atoms with Crippen molar-refractivity contribution in [3.8, 4) is 17.2 Å². The van der Waals surface area contributed by atoms with Gasteiger partial charge in [0.1, 0.15) is 0 Å². The number of halogens is 1. The molecule has 126 valence electrons. The van der Waals surface area contributed by atoms with Gasteiger partial charge in [-0.25, -0.2) is 0 Å². The van der Waals surface area contributed by atoms with Gasteiger partial charge in [-0.05, 0) is 35.9 Å². The number of fused-ring (bicyclic) bond motifs is 2. The van der Waals surface area contributed by atoms with Crippen molar-refractivity contribution in [1.82, 2.24) is 0 Å². The van der Waals surface area contributed by atoms with Gasteiger partial charge in [0.05, 0.1) is 26.3 Å². The van der Waals surface area contributed by atoms with E-state index in [2.05, 4.69) is 18.4 Å². The van der Waals surface area contributed by atoms with Crippen molar-refractivity contribution in [2.45, 2.75) is 12.6 Å². The largest absolute Gasteiger partial charge is 0.492 e. The smallest absolute Gasteiger partial charge is 0.231 e. The van der Waals surface area contributed by atoms with E-state index < -0.39 is 0 Å². The third kappa shape index (κ3) is 2.54. The van der Waals surface area contributed by atoms with Gasteiger partial charge >= 0.3 is 0 Å². The van der Waals surface area contributed by atoms with Crippen molar-refractivity contribution in [2.75, 3.05) is 32.8 Å². The van der Waals surface area contributed by atoms with Crippen LogP contribution in [0.5, 0.6) is 17.2 Å². The molecule has 24 heavy (non-hydrogen) atoms. The fraction of sp³-hybridized carbons (Fsp3) is 0.333. The average molecular weight is 348 g/mol. The highest BCUT2D eigenvalue weighted by Gasteiger charge is 2.36. The van der Waals surface area contributed by atoms with Crippen molar-refractivity contribution in [3.63, 3.8) is 0 Å². The molecule has 6 heteroatoms. The molecule has 5 nitrogen and oxygen atoms in total. The summed E-state index contributed by atoms with van der Waals surface area (Å²) in [7, 11) is 3.86. The van der Waals surface area contributed by atoms with Crippen molar-refractivity contribution < 1.29 is 19.1 Å². The molecule has 2 aliphatic heterocycles. The summed E-state index contributed by atoms with van der Waals surface area (Å²) < 4.78 is 16.9. The van der Waals surface area contributed by atoms with E-state index in [0.717, 1.165) is 40.7 Å². The number of hydrogen-bond acceptors (Lipinski definition) is 4. The lowest BCUT2D eigenvalue weighted by Crippen LogP contribution is -3.11. The summed E-state index contributed by atoms with van der Waals surface area (Å²) in [6.45, 7) is 1.27. The van der Waals surface area contributed by atoms with Crippen LogP contribution in [-0.4, -0.2) is 27.5 Å². The number of anilines is 1. The first-order valence-electron chi connectivity index (χ1n) is 8.01. The maximum Gasteiger partial charge on any atom is 0.231 e. The molecule has 2 aromatic carbocycles. The van der Waals surface area contributed by atoms with E-state index in [9.17, 15) is 0 Å². The fourth-order valence-corrected chi connectivity index (χ4v) is 3.56. The predicted molar refractivity (Wildman–Crippen MR) is 92.4 cm³/mol. The summed E-state index contributed by atoms with van der Waals surface area (Å²) in [6.07, 6.45) is 1.05. The Bertz CT molecular complexity index is 764. The van der Waals surface area contributed by atoms with Crippen LogP contribution in [0.3, 0.4) is 0 Å². The highest BCUT2D eigenvalue weighted by Crippen LogP contribution is 2.47. The van der Waals surface area contributed by atoms with E-state index in [-0.39, 0.29) is 13.0 Å². The number of quaternary nitrogens is 1. The topological polar surface area (TPSA) is 44.2 Å². The Morgan fingerprint density at radius 3 is 2.79 bits per heavy atom. The molecule has 0 amide bonds. The lowest BCUT2D eigenvalue weighted by Gasteiger charge is -2.33. The molecule has 0 saturated carbocycles. The zero-order valence-corrected chi connectivity index (χ0v) is 14.4. The monoisotopic (exact) mass is 347 g/mol. The highest BCUT2D eigenvalue weighted by atomic mass is 35.5. The van der Waals surface area contributed by atoms with Crippen LogP contribution in [0.15, 0.2) is 30.3 Å². The highest BCUT2D eigenvalue weighted by molar-refractivity contribution is 6.30. The number of ether oxygens (including phenoxy) is 3. The molecule has 1 unspecified atom stereocenters. The molecule has 2 aromatic rings. The van der Waals surface area contributed by atoms with Gasteiger partial charge < -0.3 is 24.4 Å². The van der Waals surface area contributed by atoms with Crippen LogP contribution in [0.1, 0.15) is 17.3 Å². The molecule has 2 heterocycles. The molecule has 2 atom stereocenters. The molecule has 0 bridgehead atoms. The number of hydrogen-bond donors (Lipinski definition) is 2. The first kappa shape index (κ1) is 15.4. The van der Waals surface area contributed by atoms with E-state index in [1.54, 1.807) is 7.11 Å². The molecule has 0 radical (unpaired) electrons. The fourth-order valence-electron chi connectivity index (χ4n) is 3.43. The third-order valence-electron chi connectivity index (χ3n) is 4.67. The molecular formula is C18H20ClN2O3+. The van der Waals surface area contributed by atoms with Crippen LogP contribution in [0, 0.1) is 0 Å². The second kappa shape index (κ2) is 6.07. The van der Waals surface area contributed by atoms with Crippen LogP contribution in [0.2, 0.25) is 5.02 Å². The predicted octanol–water partition coefficient (Wildman–Crippen LogP) is 2.26. The van der Waals surface area contributed by atoms with Gasteiger partial charge in [-0.2, -0.15) is 0 Å². The van der Waals surface area contributed by atoms with Gasteiger partial charge in [0.15, 0.2) is 17.7 Å². The van der Waals surface area contributed by atoms with E-state index in [4.69, 9.17) is 25.8 Å². The lowest BCUT2D eigenvalue weighted by molar-refractivity contribution is -0.910. The molecular weight excluding hydrogens is 328 g/mol. The number of likely N-dealkylation sites (N-methyl/N-ethyl adjacent to an activating group) is 1. The van der Waals surface area contributed by atoms with Gasteiger partial charge in [-0.15, -0.1) is 0 Å². The second-order valence-corrected chi connectivity index (χ2v) is 6.58. The molecule has 4 rings (SSSR count). The number of rotatable bonds is 3. The molecule has 2 aliphatic rings. The number of benzene rings is 2. The van der Waals surface area contributed by atoms with Crippen molar-refractivity contribution >= 4 is 17.3 Å². The first-order chi connectivity index (χ1) is 11.7. The minimum Gasteiger partial charge on any atom is -0.492 e. The normalized spacial score (nSPS) is 21.3. The first-order valence-corrected chi connectivity index (χ1v) is 8.39. The minimum absolute atomic E-state index is 0.0689. The standard InChI is InChI=1S/C18H19ClN2O3/c1-21-8-7-11-9-14-16(24-10-23-14)17(22-2)15(11)18(21)20-13-5-3-12(19)4-6-13/h3-6,9,18,20H,7-8,10H2,1-2H3/p+1/t18-/m1/s1. The summed E-state index contributed by atoms with van der Waals surface area (Å²) in [5, 5.41) is 4.34. The van der Waals surface area contributed by atoms with Crippen LogP contribution in [-0.2, 0) is 6.42 Å². The Balaban J connectivity index is 1.78. The Morgan fingerprint density at radius 2 is 2.04 bits per heavy atom. The van der Waals surface area contributed by atoms with E-state index >= 15 is 0 Å². The van der Waals surface area contributed by atoms with Gasteiger partial charge in [0.25, 0.3) is 0 Å². The summed E-state index contributed by atoms with van der Waals surface area (Å²) in [4.78, 5) is 1.37. The third-order valence-corrected chi connectivity index (χ3v) is 4.93. The molecule has 0 aliphatic carbocycles. The SMILES string of the molecule is COc1c2c(cc3c1[C@H](Nc1ccc(Cl)cc1)[NH+](C)CC3)OCO2.